The van der Waals surface area contributed by atoms with Crippen LogP contribution in [-0.2, 0) is 0 Å². The monoisotopic (exact) mass is 253 g/mol. The van der Waals surface area contributed by atoms with Crippen molar-refractivity contribution in [3.05, 3.63) is 48.3 Å². The van der Waals surface area contributed by atoms with Gasteiger partial charge in [-0.3, -0.25) is 4.90 Å². The molecule has 5 nitrogen and oxygen atoms in total. The van der Waals surface area contributed by atoms with Crippen molar-refractivity contribution in [2.45, 2.75) is 13.0 Å². The summed E-state index contributed by atoms with van der Waals surface area (Å²) in [5.41, 5.74) is 1.18. The lowest BCUT2D eigenvalue weighted by Crippen LogP contribution is -2.12. The van der Waals surface area contributed by atoms with Gasteiger partial charge < -0.3 is 5.32 Å². The summed E-state index contributed by atoms with van der Waals surface area (Å²) in [6, 6.07) is 12.0. The summed E-state index contributed by atoms with van der Waals surface area (Å²) >= 11 is 0. The fourth-order valence-corrected chi connectivity index (χ4v) is 1.71. The van der Waals surface area contributed by atoms with E-state index in [1.54, 1.807) is 13.1 Å². The van der Waals surface area contributed by atoms with Crippen molar-refractivity contribution < 1.29 is 0 Å². The minimum absolute atomic E-state index is 0.136. The molecular formula is C14H15N5. The molecule has 0 spiro atoms. The van der Waals surface area contributed by atoms with Gasteiger partial charge in [-0.05, 0) is 12.5 Å². The van der Waals surface area contributed by atoms with Crippen LogP contribution in [0.5, 0.6) is 0 Å². The predicted octanol–water partition coefficient (Wildman–Crippen LogP) is 2.57. The Kier molecular flexibility index (Phi) is 3.94. The zero-order chi connectivity index (χ0) is 13.7. The molecule has 0 fully saturated rings. The fraction of sp³-hybridized carbons (Fsp3) is 0.214. The Morgan fingerprint density at radius 1 is 1.26 bits per heavy atom. The zero-order valence-electron chi connectivity index (χ0n) is 10.9. The van der Waals surface area contributed by atoms with Crippen LogP contribution in [0.3, 0.4) is 0 Å². The summed E-state index contributed by atoms with van der Waals surface area (Å²) in [7, 11) is 1.66. The Morgan fingerprint density at radius 3 is 2.68 bits per heavy atom. The molecule has 0 amide bonds. The van der Waals surface area contributed by atoms with Gasteiger partial charge in [-0.1, -0.05) is 30.3 Å². The van der Waals surface area contributed by atoms with Gasteiger partial charge in [0, 0.05) is 19.2 Å². The lowest BCUT2D eigenvalue weighted by molar-refractivity contribution is 0.871. The number of aromatic nitrogens is 2. The third-order valence-electron chi connectivity index (χ3n) is 2.81. The molecule has 1 atom stereocenters. The maximum Gasteiger partial charge on any atom is 0.185 e. The summed E-state index contributed by atoms with van der Waals surface area (Å²) in [5, 5.41) is 12.1. The quantitative estimate of drug-likeness (QED) is 0.670. The SMILES string of the molecule is CC(Nc1cc(N(C)C#N)ncn1)c1ccccc1. The van der Waals surface area contributed by atoms with E-state index in [1.165, 1.54) is 16.8 Å². The number of nitrogens with one attached hydrogen (secondary N) is 1. The minimum Gasteiger partial charge on any atom is -0.363 e. The first-order chi connectivity index (χ1) is 9.20. The van der Waals surface area contributed by atoms with Gasteiger partial charge in [0.1, 0.15) is 18.0 Å². The van der Waals surface area contributed by atoms with Gasteiger partial charge in [0.15, 0.2) is 6.19 Å². The first-order valence-corrected chi connectivity index (χ1v) is 5.97. The molecule has 2 rings (SSSR count). The van der Waals surface area contributed by atoms with E-state index in [0.29, 0.717) is 11.6 Å². The molecule has 0 aliphatic rings. The molecule has 1 unspecified atom stereocenters. The zero-order valence-corrected chi connectivity index (χ0v) is 10.9. The predicted molar refractivity (Wildman–Crippen MR) is 74.5 cm³/mol. The van der Waals surface area contributed by atoms with Crippen LogP contribution in [0.25, 0.3) is 0 Å². The van der Waals surface area contributed by atoms with Crippen molar-refractivity contribution in [2.24, 2.45) is 0 Å². The fourth-order valence-electron chi connectivity index (χ4n) is 1.71. The number of hydrogen-bond acceptors (Lipinski definition) is 5. The van der Waals surface area contributed by atoms with Crippen LogP contribution in [-0.4, -0.2) is 17.0 Å². The third kappa shape index (κ3) is 3.19. The minimum atomic E-state index is 0.136. The van der Waals surface area contributed by atoms with Crippen LogP contribution in [0.4, 0.5) is 11.6 Å². The summed E-state index contributed by atoms with van der Waals surface area (Å²) in [4.78, 5) is 9.59. The Hall–Kier alpha value is -2.61. The van der Waals surface area contributed by atoms with Crippen LogP contribution < -0.4 is 10.2 Å². The van der Waals surface area contributed by atoms with Crippen molar-refractivity contribution >= 4 is 11.6 Å². The van der Waals surface area contributed by atoms with Crippen LogP contribution in [0, 0.1) is 11.5 Å². The van der Waals surface area contributed by atoms with Gasteiger partial charge >= 0.3 is 0 Å². The lowest BCUT2D eigenvalue weighted by Gasteiger charge is -2.16. The highest BCUT2D eigenvalue weighted by atomic mass is 15.2. The van der Waals surface area contributed by atoms with Crippen molar-refractivity contribution in [3.8, 4) is 6.19 Å². The van der Waals surface area contributed by atoms with Gasteiger partial charge in [-0.25, -0.2) is 9.97 Å². The number of nitrogens with zero attached hydrogens (tertiary/aromatic N) is 4. The van der Waals surface area contributed by atoms with Crippen LogP contribution >= 0.6 is 0 Å². The van der Waals surface area contributed by atoms with Crippen molar-refractivity contribution in [1.82, 2.24) is 9.97 Å². The first-order valence-electron chi connectivity index (χ1n) is 5.97. The standard InChI is InChI=1S/C14H15N5/c1-11(12-6-4-3-5-7-12)18-13-8-14(17-10-16-13)19(2)9-15/h3-8,10-11H,1-2H3,(H,16,17,18). The second-order valence-corrected chi connectivity index (χ2v) is 4.20. The molecule has 0 saturated carbocycles. The largest absolute Gasteiger partial charge is 0.363 e. The van der Waals surface area contributed by atoms with Gasteiger partial charge in [0.05, 0.1) is 0 Å². The molecule has 0 radical (unpaired) electrons. The molecule has 1 aromatic heterocycles. The molecule has 5 heteroatoms. The molecule has 1 heterocycles. The first kappa shape index (κ1) is 12.8. The van der Waals surface area contributed by atoms with Crippen molar-refractivity contribution in [2.75, 3.05) is 17.3 Å². The van der Waals surface area contributed by atoms with Crippen molar-refractivity contribution in [1.29, 1.82) is 5.26 Å². The molecular weight excluding hydrogens is 238 g/mol. The van der Waals surface area contributed by atoms with Gasteiger partial charge in [0.25, 0.3) is 0 Å². The second-order valence-electron chi connectivity index (χ2n) is 4.20. The molecule has 96 valence electrons. The lowest BCUT2D eigenvalue weighted by atomic mass is 10.1. The van der Waals surface area contributed by atoms with E-state index in [2.05, 4.69) is 34.3 Å². The van der Waals surface area contributed by atoms with E-state index >= 15 is 0 Å². The van der Waals surface area contributed by atoms with Crippen LogP contribution in [0.15, 0.2) is 42.7 Å². The Labute approximate surface area is 112 Å². The van der Waals surface area contributed by atoms with Gasteiger partial charge in [-0.2, -0.15) is 5.26 Å². The third-order valence-corrected chi connectivity index (χ3v) is 2.81. The molecule has 1 N–H and O–H groups in total. The van der Waals surface area contributed by atoms with E-state index < -0.39 is 0 Å². The highest BCUT2D eigenvalue weighted by Gasteiger charge is 2.07. The van der Waals surface area contributed by atoms with E-state index in [0.717, 1.165) is 0 Å². The number of rotatable bonds is 4. The highest BCUT2D eigenvalue weighted by molar-refractivity contribution is 5.51. The summed E-state index contributed by atoms with van der Waals surface area (Å²) < 4.78 is 0. The smallest absolute Gasteiger partial charge is 0.185 e. The van der Waals surface area contributed by atoms with Gasteiger partial charge in [0.2, 0.25) is 0 Å². The second kappa shape index (κ2) is 5.83. The van der Waals surface area contributed by atoms with Crippen molar-refractivity contribution in [3.63, 3.8) is 0 Å². The number of anilines is 2. The normalized spacial score (nSPS) is 11.4. The van der Waals surface area contributed by atoms with Crippen LogP contribution in [0.2, 0.25) is 0 Å². The average Bonchev–Trinajstić information content (AvgIpc) is 2.47. The maximum absolute atomic E-state index is 8.83. The van der Waals surface area contributed by atoms with E-state index in [-0.39, 0.29) is 6.04 Å². The van der Waals surface area contributed by atoms with Gasteiger partial charge in [-0.15, -0.1) is 0 Å². The Bertz CT molecular complexity index is 576. The van der Waals surface area contributed by atoms with E-state index in [1.807, 2.05) is 24.4 Å². The van der Waals surface area contributed by atoms with E-state index in [9.17, 15) is 0 Å². The summed E-state index contributed by atoms with van der Waals surface area (Å²) in [6.45, 7) is 2.06. The molecule has 0 aliphatic carbocycles. The molecule has 19 heavy (non-hydrogen) atoms. The topological polar surface area (TPSA) is 64.8 Å². The summed E-state index contributed by atoms with van der Waals surface area (Å²) in [5.74, 6) is 1.27. The maximum atomic E-state index is 8.83. The number of benzene rings is 1. The average molecular weight is 253 g/mol. The number of hydrogen-bond donors (Lipinski definition) is 1. The highest BCUT2D eigenvalue weighted by Crippen LogP contribution is 2.19. The molecule has 2 aromatic rings. The molecule has 0 saturated heterocycles. The molecule has 0 aliphatic heterocycles. The van der Waals surface area contributed by atoms with Crippen LogP contribution in [0.1, 0.15) is 18.5 Å². The molecule has 0 bridgehead atoms. The summed E-state index contributed by atoms with van der Waals surface area (Å²) in [6.07, 6.45) is 3.46. The molecule has 1 aromatic carbocycles. The van der Waals surface area contributed by atoms with E-state index in [4.69, 9.17) is 5.26 Å². The Balaban J connectivity index is 2.14. The Morgan fingerprint density at radius 2 is 2.00 bits per heavy atom. The number of nitriles is 1.